The molecule has 1 aliphatic rings. The molecular weight excluding hydrogens is 342 g/mol. The highest BCUT2D eigenvalue weighted by molar-refractivity contribution is 5.97. The number of nitrogens with one attached hydrogen (secondary N) is 1. The molecule has 0 spiro atoms. The summed E-state index contributed by atoms with van der Waals surface area (Å²) < 4.78 is 16.3. The van der Waals surface area contributed by atoms with Crippen LogP contribution in [0.5, 0.6) is 23.0 Å². The Hall–Kier alpha value is -3.47. The minimum Gasteiger partial charge on any atom is -0.457 e. The van der Waals surface area contributed by atoms with Gasteiger partial charge in [-0.25, -0.2) is 0 Å². The molecule has 136 valence electrons. The Kier molecular flexibility index (Phi) is 4.92. The fourth-order valence-corrected chi connectivity index (χ4v) is 2.80. The number of hydrogen-bond acceptors (Lipinski definition) is 5. The predicted molar refractivity (Wildman–Crippen MR) is 103 cm³/mol. The second-order valence-corrected chi connectivity index (χ2v) is 6.11. The van der Waals surface area contributed by atoms with E-state index in [2.05, 4.69) is 5.32 Å². The molecule has 27 heavy (non-hydrogen) atoms. The summed E-state index contributed by atoms with van der Waals surface area (Å²) in [4.78, 5) is 12.3. The van der Waals surface area contributed by atoms with Crippen molar-refractivity contribution in [3.8, 4) is 23.0 Å². The summed E-state index contributed by atoms with van der Waals surface area (Å²) in [6.07, 6.45) is 0.391. The van der Waals surface area contributed by atoms with Crippen LogP contribution in [-0.4, -0.2) is 19.1 Å². The number of Topliss-reactive ketones (excluding diaryl/α,β-unsaturated/α-hetero) is 1. The molecule has 0 aliphatic carbocycles. The van der Waals surface area contributed by atoms with E-state index in [9.17, 15) is 4.79 Å². The number of rotatable bonds is 7. The molecule has 1 N–H and O–H groups in total. The Morgan fingerprint density at radius 3 is 2.44 bits per heavy atom. The quantitative estimate of drug-likeness (QED) is 0.607. The molecule has 0 bridgehead atoms. The first-order valence-corrected chi connectivity index (χ1v) is 8.78. The van der Waals surface area contributed by atoms with Gasteiger partial charge in [0.25, 0.3) is 0 Å². The third kappa shape index (κ3) is 4.20. The van der Waals surface area contributed by atoms with Gasteiger partial charge >= 0.3 is 0 Å². The number of hydrogen-bond donors (Lipinski definition) is 1. The van der Waals surface area contributed by atoms with E-state index in [4.69, 9.17) is 14.2 Å². The summed E-state index contributed by atoms with van der Waals surface area (Å²) >= 11 is 0. The summed E-state index contributed by atoms with van der Waals surface area (Å²) in [5.41, 5.74) is 1.57. The van der Waals surface area contributed by atoms with Crippen molar-refractivity contribution in [1.29, 1.82) is 0 Å². The first kappa shape index (κ1) is 17.0. The number of ketones is 1. The lowest BCUT2D eigenvalue weighted by Gasteiger charge is -2.09. The van der Waals surface area contributed by atoms with Crippen molar-refractivity contribution in [2.45, 2.75) is 6.42 Å². The van der Waals surface area contributed by atoms with Crippen LogP contribution in [0.1, 0.15) is 16.8 Å². The van der Waals surface area contributed by atoms with E-state index in [0.717, 1.165) is 17.2 Å². The monoisotopic (exact) mass is 361 g/mol. The minimum atomic E-state index is 0.0600. The zero-order valence-corrected chi connectivity index (χ0v) is 14.7. The van der Waals surface area contributed by atoms with Crippen molar-refractivity contribution < 1.29 is 19.0 Å². The van der Waals surface area contributed by atoms with Crippen LogP contribution in [0, 0.1) is 0 Å². The fourth-order valence-electron chi connectivity index (χ4n) is 2.80. The zero-order valence-electron chi connectivity index (χ0n) is 14.7. The van der Waals surface area contributed by atoms with Gasteiger partial charge in [0, 0.05) is 24.2 Å². The molecule has 5 heteroatoms. The Labute approximate surface area is 157 Å². The van der Waals surface area contributed by atoms with E-state index in [-0.39, 0.29) is 12.6 Å². The van der Waals surface area contributed by atoms with Gasteiger partial charge in [-0.3, -0.25) is 4.79 Å². The van der Waals surface area contributed by atoms with E-state index >= 15 is 0 Å². The highest BCUT2D eigenvalue weighted by Crippen LogP contribution is 2.32. The van der Waals surface area contributed by atoms with Crippen LogP contribution in [0.15, 0.2) is 72.8 Å². The van der Waals surface area contributed by atoms with Crippen molar-refractivity contribution >= 4 is 11.5 Å². The summed E-state index contributed by atoms with van der Waals surface area (Å²) in [7, 11) is 0. The summed E-state index contributed by atoms with van der Waals surface area (Å²) in [6.45, 7) is 0.755. The normalized spacial score (nSPS) is 11.9. The van der Waals surface area contributed by atoms with Gasteiger partial charge in [-0.05, 0) is 54.6 Å². The smallest absolute Gasteiger partial charge is 0.231 e. The van der Waals surface area contributed by atoms with E-state index in [1.165, 1.54) is 0 Å². The lowest BCUT2D eigenvalue weighted by Crippen LogP contribution is -2.08. The molecule has 5 nitrogen and oxygen atoms in total. The first-order chi connectivity index (χ1) is 13.3. The largest absolute Gasteiger partial charge is 0.457 e. The van der Waals surface area contributed by atoms with Crippen molar-refractivity contribution in [1.82, 2.24) is 0 Å². The van der Waals surface area contributed by atoms with Crippen molar-refractivity contribution in [2.75, 3.05) is 18.7 Å². The maximum absolute atomic E-state index is 12.3. The summed E-state index contributed by atoms with van der Waals surface area (Å²) in [6, 6.07) is 22.6. The van der Waals surface area contributed by atoms with E-state index in [1.807, 2.05) is 54.6 Å². The minimum absolute atomic E-state index is 0.0600. The summed E-state index contributed by atoms with van der Waals surface area (Å²) in [5.74, 6) is 2.94. The first-order valence-electron chi connectivity index (χ1n) is 8.78. The van der Waals surface area contributed by atoms with Crippen molar-refractivity contribution in [3.63, 3.8) is 0 Å². The molecule has 0 amide bonds. The molecule has 1 aliphatic heterocycles. The number of fused-ring (bicyclic) bond motifs is 1. The van der Waals surface area contributed by atoms with Crippen molar-refractivity contribution in [2.24, 2.45) is 0 Å². The molecule has 0 atom stereocenters. The highest BCUT2D eigenvalue weighted by Gasteiger charge is 2.15. The molecule has 4 rings (SSSR count). The van der Waals surface area contributed by atoms with Crippen LogP contribution in [0.4, 0.5) is 5.69 Å². The Morgan fingerprint density at radius 1 is 0.889 bits per heavy atom. The van der Waals surface area contributed by atoms with Crippen LogP contribution in [-0.2, 0) is 0 Å². The third-order valence-corrected chi connectivity index (χ3v) is 4.21. The highest BCUT2D eigenvalue weighted by atomic mass is 16.7. The zero-order chi connectivity index (χ0) is 18.5. The predicted octanol–water partition coefficient (Wildman–Crippen LogP) is 4.89. The van der Waals surface area contributed by atoms with Gasteiger partial charge in [-0.2, -0.15) is 0 Å². The molecule has 0 radical (unpaired) electrons. The van der Waals surface area contributed by atoms with Gasteiger partial charge in [0.05, 0.1) is 0 Å². The number of carbonyl (C=O) groups excluding carboxylic acids is 1. The maximum atomic E-state index is 12.3. The van der Waals surface area contributed by atoms with Crippen LogP contribution < -0.4 is 19.5 Å². The van der Waals surface area contributed by atoms with Crippen LogP contribution in [0.2, 0.25) is 0 Å². The molecule has 0 fully saturated rings. The molecule has 3 aromatic carbocycles. The van der Waals surface area contributed by atoms with Gasteiger partial charge in [-0.1, -0.05) is 18.2 Å². The van der Waals surface area contributed by atoms with Gasteiger partial charge in [0.1, 0.15) is 11.5 Å². The van der Waals surface area contributed by atoms with E-state index in [1.54, 1.807) is 18.2 Å². The molecule has 0 aromatic heterocycles. The molecular formula is C22H19NO4. The van der Waals surface area contributed by atoms with E-state index < -0.39 is 0 Å². The number of anilines is 1. The van der Waals surface area contributed by atoms with Gasteiger partial charge in [0.15, 0.2) is 17.3 Å². The van der Waals surface area contributed by atoms with Gasteiger partial charge in [-0.15, -0.1) is 0 Å². The fraction of sp³-hybridized carbons (Fsp3) is 0.136. The van der Waals surface area contributed by atoms with E-state index in [0.29, 0.717) is 30.0 Å². The average molecular weight is 361 g/mol. The second-order valence-electron chi connectivity index (χ2n) is 6.11. The Balaban J connectivity index is 1.28. The topological polar surface area (TPSA) is 56.8 Å². The van der Waals surface area contributed by atoms with Gasteiger partial charge < -0.3 is 19.5 Å². The number of ether oxygens (including phenoxy) is 3. The van der Waals surface area contributed by atoms with Crippen LogP contribution in [0.3, 0.4) is 0 Å². The van der Waals surface area contributed by atoms with Crippen molar-refractivity contribution in [3.05, 3.63) is 78.4 Å². The lowest BCUT2D eigenvalue weighted by molar-refractivity contribution is 0.0986. The lowest BCUT2D eigenvalue weighted by atomic mass is 10.1. The Morgan fingerprint density at radius 2 is 1.63 bits per heavy atom. The van der Waals surface area contributed by atoms with Crippen LogP contribution in [0.25, 0.3) is 0 Å². The maximum Gasteiger partial charge on any atom is 0.231 e. The second kappa shape index (κ2) is 7.83. The van der Waals surface area contributed by atoms with Crippen LogP contribution >= 0.6 is 0 Å². The number of benzene rings is 3. The molecule has 3 aromatic rings. The molecule has 0 saturated heterocycles. The van der Waals surface area contributed by atoms with Gasteiger partial charge in [0.2, 0.25) is 6.79 Å². The third-order valence-electron chi connectivity index (χ3n) is 4.21. The average Bonchev–Trinajstić information content (AvgIpc) is 3.18. The molecule has 1 heterocycles. The Bertz CT molecular complexity index is 923. The number of carbonyl (C=O) groups is 1. The molecule has 0 unspecified atom stereocenters. The summed E-state index contributed by atoms with van der Waals surface area (Å²) in [5, 5.41) is 3.26. The number of para-hydroxylation sites is 1. The molecule has 0 saturated carbocycles. The SMILES string of the molecule is O=C(CCNc1ccc(Oc2ccccc2)cc1)c1ccc2c(c1)OCO2. The standard InChI is InChI=1S/C22H19NO4/c24-20(16-6-11-21-22(14-16)26-15-25-21)12-13-23-17-7-9-19(10-8-17)27-18-4-2-1-3-5-18/h1-11,14,23H,12-13,15H2.